The molecular formula is C13H12N2O3. The predicted molar refractivity (Wildman–Crippen MR) is 66.4 cm³/mol. The first-order valence-corrected chi connectivity index (χ1v) is 5.14. The molecule has 1 aromatic carbocycles. The van der Waals surface area contributed by atoms with Crippen molar-refractivity contribution in [3.8, 4) is 6.07 Å². The van der Waals surface area contributed by atoms with E-state index in [1.807, 2.05) is 0 Å². The number of nitriles is 1. The van der Waals surface area contributed by atoms with Gasteiger partial charge in [-0.1, -0.05) is 12.1 Å². The van der Waals surface area contributed by atoms with E-state index < -0.39 is 5.97 Å². The predicted octanol–water partition coefficient (Wildman–Crippen LogP) is 1.72. The summed E-state index contributed by atoms with van der Waals surface area (Å²) in [5.74, 6) is -0.839. The number of nitrogens with zero attached hydrogens (tertiary/aromatic N) is 1. The molecule has 1 N–H and O–H groups in total. The van der Waals surface area contributed by atoms with Crippen LogP contribution in [0.3, 0.4) is 0 Å². The molecule has 5 heteroatoms. The molecule has 0 saturated heterocycles. The number of benzene rings is 1. The lowest BCUT2D eigenvalue weighted by molar-refractivity contribution is -0.135. The number of hydrogen-bond donors (Lipinski definition) is 1. The lowest BCUT2D eigenvalue weighted by Crippen LogP contribution is -2.05. The number of hydrogen-bond acceptors (Lipinski definition) is 4. The average molecular weight is 244 g/mol. The van der Waals surface area contributed by atoms with Crippen LogP contribution in [0, 0.1) is 11.3 Å². The van der Waals surface area contributed by atoms with Crippen LogP contribution in [-0.4, -0.2) is 19.0 Å². The topological polar surface area (TPSA) is 79.2 Å². The molecule has 0 aliphatic rings. The van der Waals surface area contributed by atoms with Gasteiger partial charge in [0.15, 0.2) is 0 Å². The molecule has 0 heterocycles. The van der Waals surface area contributed by atoms with E-state index in [-0.39, 0.29) is 11.5 Å². The highest BCUT2D eigenvalue weighted by Gasteiger charge is 2.08. The molecule has 0 bridgehead atoms. The first kappa shape index (κ1) is 13.5. The van der Waals surface area contributed by atoms with Crippen LogP contribution in [0.1, 0.15) is 12.5 Å². The third-order valence-electron chi connectivity index (χ3n) is 2.07. The number of ether oxygens (including phenoxy) is 1. The summed E-state index contributed by atoms with van der Waals surface area (Å²) in [4.78, 5) is 22.0. The smallest absolute Gasteiger partial charge is 0.348 e. The highest BCUT2D eigenvalue weighted by atomic mass is 16.5. The molecular weight excluding hydrogens is 232 g/mol. The Morgan fingerprint density at radius 2 is 1.94 bits per heavy atom. The number of rotatable bonds is 3. The van der Waals surface area contributed by atoms with Gasteiger partial charge in [0.25, 0.3) is 0 Å². The summed E-state index contributed by atoms with van der Waals surface area (Å²) in [6.07, 6.45) is 1.42. The number of esters is 1. The minimum atomic E-state index is -0.677. The zero-order chi connectivity index (χ0) is 13.5. The van der Waals surface area contributed by atoms with Crippen LogP contribution >= 0.6 is 0 Å². The SMILES string of the molecule is COC(=O)C(C#N)=Cc1ccc(NC(C)=O)cc1. The van der Waals surface area contributed by atoms with Crippen LogP contribution in [0.15, 0.2) is 29.8 Å². The standard InChI is InChI=1S/C13H12N2O3/c1-9(16)15-12-5-3-10(4-6-12)7-11(8-14)13(17)18-2/h3-7H,1-2H3,(H,15,16). The molecule has 0 atom stereocenters. The molecule has 1 rings (SSSR count). The van der Waals surface area contributed by atoms with Gasteiger partial charge in [-0.3, -0.25) is 4.79 Å². The fraction of sp³-hybridized carbons (Fsp3) is 0.154. The quantitative estimate of drug-likeness (QED) is 0.499. The molecule has 0 aliphatic heterocycles. The molecule has 92 valence electrons. The molecule has 0 spiro atoms. The summed E-state index contributed by atoms with van der Waals surface area (Å²) >= 11 is 0. The molecule has 18 heavy (non-hydrogen) atoms. The van der Waals surface area contributed by atoms with E-state index in [9.17, 15) is 9.59 Å². The van der Waals surface area contributed by atoms with Gasteiger partial charge in [0.2, 0.25) is 5.91 Å². The van der Waals surface area contributed by atoms with Crippen LogP contribution in [0.2, 0.25) is 0 Å². The van der Waals surface area contributed by atoms with Gasteiger partial charge in [0.1, 0.15) is 11.6 Å². The molecule has 0 radical (unpaired) electrons. The second-order valence-corrected chi connectivity index (χ2v) is 3.46. The van der Waals surface area contributed by atoms with Crippen LogP contribution in [0.25, 0.3) is 6.08 Å². The third-order valence-corrected chi connectivity index (χ3v) is 2.07. The van der Waals surface area contributed by atoms with Crippen molar-refractivity contribution in [3.05, 3.63) is 35.4 Å². The second-order valence-electron chi connectivity index (χ2n) is 3.46. The molecule has 0 aromatic heterocycles. The first-order valence-electron chi connectivity index (χ1n) is 5.14. The van der Waals surface area contributed by atoms with Crippen molar-refractivity contribution in [2.24, 2.45) is 0 Å². The van der Waals surface area contributed by atoms with Crippen molar-refractivity contribution in [3.63, 3.8) is 0 Å². The highest BCUT2D eigenvalue weighted by Crippen LogP contribution is 2.13. The number of methoxy groups -OCH3 is 1. The number of anilines is 1. The molecule has 5 nitrogen and oxygen atoms in total. The highest BCUT2D eigenvalue weighted by molar-refractivity contribution is 5.97. The fourth-order valence-corrected chi connectivity index (χ4v) is 1.28. The van der Waals surface area contributed by atoms with Crippen molar-refractivity contribution in [2.45, 2.75) is 6.92 Å². The Morgan fingerprint density at radius 3 is 2.39 bits per heavy atom. The zero-order valence-electron chi connectivity index (χ0n) is 10.1. The third kappa shape index (κ3) is 3.76. The first-order chi connectivity index (χ1) is 8.56. The van der Waals surface area contributed by atoms with Gasteiger partial charge in [0, 0.05) is 12.6 Å². The maximum absolute atomic E-state index is 11.2. The van der Waals surface area contributed by atoms with E-state index in [0.29, 0.717) is 11.3 Å². The van der Waals surface area contributed by atoms with E-state index in [4.69, 9.17) is 5.26 Å². The number of carbonyl (C=O) groups is 2. The summed E-state index contributed by atoms with van der Waals surface area (Å²) in [6, 6.07) is 8.50. The second kappa shape index (κ2) is 6.21. The summed E-state index contributed by atoms with van der Waals surface area (Å²) in [5, 5.41) is 11.4. The van der Waals surface area contributed by atoms with Crippen molar-refractivity contribution in [1.29, 1.82) is 5.26 Å². The minimum Gasteiger partial charge on any atom is -0.465 e. The average Bonchev–Trinajstić information content (AvgIpc) is 2.36. The Labute approximate surface area is 105 Å². The van der Waals surface area contributed by atoms with Gasteiger partial charge in [-0.2, -0.15) is 5.26 Å². The van der Waals surface area contributed by atoms with Gasteiger partial charge in [-0.15, -0.1) is 0 Å². The molecule has 1 amide bonds. The van der Waals surface area contributed by atoms with Crippen molar-refractivity contribution < 1.29 is 14.3 Å². The number of carbonyl (C=O) groups excluding carboxylic acids is 2. The van der Waals surface area contributed by atoms with Gasteiger partial charge in [-0.05, 0) is 23.8 Å². The van der Waals surface area contributed by atoms with Gasteiger partial charge < -0.3 is 10.1 Å². The summed E-state index contributed by atoms with van der Waals surface area (Å²) in [6.45, 7) is 1.42. The van der Waals surface area contributed by atoms with Gasteiger partial charge >= 0.3 is 5.97 Å². The van der Waals surface area contributed by atoms with Gasteiger partial charge in [0.05, 0.1) is 7.11 Å². The number of amides is 1. The van der Waals surface area contributed by atoms with Crippen LogP contribution in [0.5, 0.6) is 0 Å². The Balaban J connectivity index is 2.92. The molecule has 0 saturated carbocycles. The van der Waals surface area contributed by atoms with Crippen molar-refractivity contribution in [1.82, 2.24) is 0 Å². The molecule has 0 unspecified atom stereocenters. The Morgan fingerprint density at radius 1 is 1.33 bits per heavy atom. The Hall–Kier alpha value is -2.61. The van der Waals surface area contributed by atoms with Crippen LogP contribution < -0.4 is 5.32 Å². The number of nitrogens with one attached hydrogen (secondary N) is 1. The molecule has 1 aromatic rings. The van der Waals surface area contributed by atoms with E-state index >= 15 is 0 Å². The summed E-state index contributed by atoms with van der Waals surface area (Å²) in [5.41, 5.74) is 1.24. The van der Waals surface area contributed by atoms with Gasteiger partial charge in [-0.25, -0.2) is 4.79 Å². The van der Waals surface area contributed by atoms with E-state index in [1.165, 1.54) is 20.1 Å². The van der Waals surface area contributed by atoms with Crippen molar-refractivity contribution in [2.75, 3.05) is 12.4 Å². The normalized spacial score (nSPS) is 10.4. The molecule has 0 fully saturated rings. The van der Waals surface area contributed by atoms with E-state index in [0.717, 1.165) is 0 Å². The van der Waals surface area contributed by atoms with E-state index in [2.05, 4.69) is 10.1 Å². The maximum atomic E-state index is 11.2. The largest absolute Gasteiger partial charge is 0.465 e. The van der Waals surface area contributed by atoms with Crippen molar-refractivity contribution >= 4 is 23.6 Å². The Bertz CT molecular complexity index is 524. The zero-order valence-corrected chi connectivity index (χ0v) is 10.1. The Kier molecular flexibility index (Phi) is 4.64. The lowest BCUT2D eigenvalue weighted by atomic mass is 10.1. The van der Waals surface area contributed by atoms with Crippen LogP contribution in [0.4, 0.5) is 5.69 Å². The van der Waals surface area contributed by atoms with Crippen LogP contribution in [-0.2, 0) is 14.3 Å². The monoisotopic (exact) mass is 244 g/mol. The fourth-order valence-electron chi connectivity index (χ4n) is 1.28. The van der Waals surface area contributed by atoms with E-state index in [1.54, 1.807) is 30.3 Å². The minimum absolute atomic E-state index is 0.0789. The maximum Gasteiger partial charge on any atom is 0.348 e. The molecule has 0 aliphatic carbocycles. The lowest BCUT2D eigenvalue weighted by Gasteiger charge is -2.02. The summed E-state index contributed by atoms with van der Waals surface area (Å²) < 4.78 is 4.47. The summed E-state index contributed by atoms with van der Waals surface area (Å²) in [7, 11) is 1.22.